The Morgan fingerprint density at radius 2 is 1.94 bits per heavy atom. The molecule has 1 unspecified atom stereocenters. The highest BCUT2D eigenvalue weighted by molar-refractivity contribution is 8.15. The van der Waals surface area contributed by atoms with Gasteiger partial charge in [0, 0.05) is 5.57 Å². The Morgan fingerprint density at radius 3 is 2.47 bits per heavy atom. The maximum atomic E-state index is 11.6. The molecule has 0 bridgehead atoms. The number of aliphatic hydroxyl groups excluding tert-OH is 1. The van der Waals surface area contributed by atoms with E-state index < -0.39 is 4.75 Å². The van der Waals surface area contributed by atoms with Gasteiger partial charge in [-0.15, -0.1) is 0 Å². The van der Waals surface area contributed by atoms with Crippen molar-refractivity contribution in [1.29, 1.82) is 0 Å². The van der Waals surface area contributed by atoms with E-state index in [1.54, 1.807) is 6.92 Å². The third-order valence-electron chi connectivity index (χ3n) is 3.27. The van der Waals surface area contributed by atoms with Crippen molar-refractivity contribution in [2.45, 2.75) is 31.9 Å². The molecule has 0 fully saturated rings. The van der Waals surface area contributed by atoms with Crippen molar-refractivity contribution in [3.05, 3.63) is 46.7 Å². The fourth-order valence-electron chi connectivity index (χ4n) is 2.11. The van der Waals surface area contributed by atoms with Gasteiger partial charge in [-0.25, -0.2) is 0 Å². The van der Waals surface area contributed by atoms with Crippen LogP contribution in [0, 0.1) is 6.92 Å². The van der Waals surface area contributed by atoms with Gasteiger partial charge in [0.05, 0.1) is 4.75 Å². The summed E-state index contributed by atoms with van der Waals surface area (Å²) in [5.74, 6) is 0.232. The van der Waals surface area contributed by atoms with E-state index in [1.165, 1.54) is 22.9 Å². The second-order valence-corrected chi connectivity index (χ2v) is 6.17. The van der Waals surface area contributed by atoms with Crippen LogP contribution in [0.2, 0.25) is 0 Å². The van der Waals surface area contributed by atoms with Crippen LogP contribution in [-0.2, 0) is 11.2 Å². The molecule has 17 heavy (non-hydrogen) atoms. The van der Waals surface area contributed by atoms with Crippen molar-refractivity contribution in [3.8, 4) is 0 Å². The van der Waals surface area contributed by atoms with Gasteiger partial charge >= 0.3 is 0 Å². The number of benzene rings is 1. The molecule has 90 valence electrons. The molecule has 1 aromatic rings. The second-order valence-electron chi connectivity index (χ2n) is 4.70. The standard InChI is InChI=1S/C14H16O2S/c1-9-6-4-5-7-11(9)8-14(3)12(15)10(2)13(16)17-14/h4-7,15H,8H2,1-3H3. The summed E-state index contributed by atoms with van der Waals surface area (Å²) < 4.78 is -0.507. The first kappa shape index (κ1) is 12.2. The number of rotatable bonds is 2. The van der Waals surface area contributed by atoms with Crippen molar-refractivity contribution in [1.82, 2.24) is 0 Å². The zero-order chi connectivity index (χ0) is 12.6. The molecule has 0 aliphatic carbocycles. The average molecular weight is 248 g/mol. The predicted octanol–water partition coefficient (Wildman–Crippen LogP) is 3.40. The normalized spacial score (nSPS) is 24.5. The monoisotopic (exact) mass is 248 g/mol. The smallest absolute Gasteiger partial charge is 0.219 e. The van der Waals surface area contributed by atoms with E-state index in [0.29, 0.717) is 12.0 Å². The molecule has 1 atom stereocenters. The first-order valence-corrected chi connectivity index (χ1v) is 6.44. The number of hydrogen-bond donors (Lipinski definition) is 1. The average Bonchev–Trinajstić information content (AvgIpc) is 2.47. The molecule has 0 aromatic heterocycles. The third-order valence-corrected chi connectivity index (χ3v) is 4.55. The number of aliphatic hydroxyl groups is 1. The lowest BCUT2D eigenvalue weighted by molar-refractivity contribution is -0.107. The van der Waals surface area contributed by atoms with Gasteiger partial charge in [-0.2, -0.15) is 0 Å². The topological polar surface area (TPSA) is 37.3 Å². The Balaban J connectivity index is 2.32. The number of thioether (sulfide) groups is 1. The first-order chi connectivity index (χ1) is 7.94. The summed E-state index contributed by atoms with van der Waals surface area (Å²) in [4.78, 5) is 11.6. The van der Waals surface area contributed by atoms with E-state index in [9.17, 15) is 9.90 Å². The highest BCUT2D eigenvalue weighted by Crippen LogP contribution is 2.44. The van der Waals surface area contributed by atoms with Gasteiger partial charge in [0.15, 0.2) is 0 Å². The summed E-state index contributed by atoms with van der Waals surface area (Å²) in [6.45, 7) is 5.66. The molecule has 0 saturated heterocycles. The number of carbonyl (C=O) groups is 1. The molecule has 2 nitrogen and oxygen atoms in total. The maximum Gasteiger partial charge on any atom is 0.219 e. The van der Waals surface area contributed by atoms with Gasteiger partial charge in [0.1, 0.15) is 5.76 Å². The van der Waals surface area contributed by atoms with Crippen molar-refractivity contribution in [2.75, 3.05) is 0 Å². The molecule has 1 N–H and O–H groups in total. The molecule has 0 saturated carbocycles. The molecule has 1 aliphatic heterocycles. The molecule has 1 heterocycles. The predicted molar refractivity (Wildman–Crippen MR) is 71.2 cm³/mol. The zero-order valence-electron chi connectivity index (χ0n) is 10.3. The molecule has 0 radical (unpaired) electrons. The van der Waals surface area contributed by atoms with Gasteiger partial charge in [0.2, 0.25) is 5.12 Å². The fraction of sp³-hybridized carbons (Fsp3) is 0.357. The molecular formula is C14H16O2S. The first-order valence-electron chi connectivity index (χ1n) is 5.62. The Labute approximate surface area is 106 Å². The quantitative estimate of drug-likeness (QED) is 0.871. The maximum absolute atomic E-state index is 11.6. The van der Waals surface area contributed by atoms with Gasteiger partial charge in [0.25, 0.3) is 0 Å². The number of carbonyl (C=O) groups excluding carboxylic acids is 1. The van der Waals surface area contributed by atoms with Crippen molar-refractivity contribution in [2.24, 2.45) is 0 Å². The zero-order valence-corrected chi connectivity index (χ0v) is 11.1. The van der Waals surface area contributed by atoms with Gasteiger partial charge < -0.3 is 5.11 Å². The molecule has 1 aromatic carbocycles. The molecule has 0 spiro atoms. The molecular weight excluding hydrogens is 232 g/mol. The van der Waals surface area contributed by atoms with Crippen molar-refractivity contribution < 1.29 is 9.90 Å². The van der Waals surface area contributed by atoms with Crippen LogP contribution in [0.3, 0.4) is 0 Å². The van der Waals surface area contributed by atoms with E-state index in [4.69, 9.17) is 0 Å². The van der Waals surface area contributed by atoms with Crippen LogP contribution < -0.4 is 0 Å². The van der Waals surface area contributed by atoms with E-state index in [0.717, 1.165) is 0 Å². The van der Waals surface area contributed by atoms with E-state index in [-0.39, 0.29) is 10.9 Å². The summed E-state index contributed by atoms with van der Waals surface area (Å²) in [5, 5.41) is 10.1. The Bertz CT molecular complexity index is 505. The second kappa shape index (κ2) is 4.22. The summed E-state index contributed by atoms with van der Waals surface area (Å²) in [6.07, 6.45) is 0.680. The lowest BCUT2D eigenvalue weighted by Crippen LogP contribution is -2.24. The summed E-state index contributed by atoms with van der Waals surface area (Å²) in [7, 11) is 0. The fourth-order valence-corrected chi connectivity index (χ4v) is 3.25. The number of hydrogen-bond acceptors (Lipinski definition) is 3. The van der Waals surface area contributed by atoms with Crippen LogP contribution in [0.5, 0.6) is 0 Å². The largest absolute Gasteiger partial charge is 0.510 e. The van der Waals surface area contributed by atoms with Crippen molar-refractivity contribution >= 4 is 16.9 Å². The molecule has 1 aliphatic rings. The molecule has 2 rings (SSSR count). The lowest BCUT2D eigenvalue weighted by Gasteiger charge is -2.23. The summed E-state index contributed by atoms with van der Waals surface area (Å²) >= 11 is 1.22. The van der Waals surface area contributed by atoms with Crippen LogP contribution in [0.1, 0.15) is 25.0 Å². The van der Waals surface area contributed by atoms with Gasteiger partial charge in [-0.05, 0) is 38.3 Å². The van der Waals surface area contributed by atoms with Gasteiger partial charge in [-0.3, -0.25) is 4.79 Å². The number of aryl methyl sites for hydroxylation is 1. The highest BCUT2D eigenvalue weighted by Gasteiger charge is 2.41. The van der Waals surface area contributed by atoms with E-state index in [1.807, 2.05) is 38.1 Å². The minimum absolute atomic E-state index is 0.0152. The van der Waals surface area contributed by atoms with Crippen LogP contribution >= 0.6 is 11.8 Å². The van der Waals surface area contributed by atoms with E-state index >= 15 is 0 Å². The van der Waals surface area contributed by atoms with Crippen LogP contribution in [0.25, 0.3) is 0 Å². The summed E-state index contributed by atoms with van der Waals surface area (Å²) in [5.41, 5.74) is 2.86. The van der Waals surface area contributed by atoms with Gasteiger partial charge in [-0.1, -0.05) is 36.0 Å². The summed E-state index contributed by atoms with van der Waals surface area (Å²) in [6, 6.07) is 8.08. The van der Waals surface area contributed by atoms with Crippen LogP contribution in [0.15, 0.2) is 35.6 Å². The van der Waals surface area contributed by atoms with Crippen LogP contribution in [0.4, 0.5) is 0 Å². The SMILES string of the molecule is CC1=C(O)C(C)(Cc2ccccc2C)SC1=O. The van der Waals surface area contributed by atoms with Crippen LogP contribution in [-0.4, -0.2) is 15.0 Å². The van der Waals surface area contributed by atoms with E-state index in [2.05, 4.69) is 0 Å². The molecule has 0 amide bonds. The Hall–Kier alpha value is -1.22. The Kier molecular flexibility index (Phi) is 3.04. The molecule has 3 heteroatoms. The lowest BCUT2D eigenvalue weighted by atomic mass is 9.94. The highest BCUT2D eigenvalue weighted by atomic mass is 32.2. The third kappa shape index (κ3) is 2.12. The minimum Gasteiger partial charge on any atom is -0.510 e. The Morgan fingerprint density at radius 1 is 1.29 bits per heavy atom. The van der Waals surface area contributed by atoms with Crippen molar-refractivity contribution in [3.63, 3.8) is 0 Å². The minimum atomic E-state index is -0.507.